The monoisotopic (exact) mass is 736 g/mol. The smallest absolute Gasteiger partial charge is 0.247 e. The van der Waals surface area contributed by atoms with Gasteiger partial charge in [0.05, 0.1) is 7.11 Å². The van der Waals surface area contributed by atoms with Gasteiger partial charge in [0.25, 0.3) is 0 Å². The zero-order valence-electron chi connectivity index (χ0n) is 29.1. The van der Waals surface area contributed by atoms with Crippen LogP contribution in [0, 0.1) is 6.92 Å². The summed E-state index contributed by atoms with van der Waals surface area (Å²) in [4.78, 5) is 11.2. The number of aryl methyl sites for hydroxylation is 1. The Bertz CT molecular complexity index is 2810. The maximum atomic E-state index is 5.68. The predicted molar refractivity (Wildman–Crippen MR) is 224 cm³/mol. The van der Waals surface area contributed by atoms with Gasteiger partial charge in [-0.3, -0.25) is 0 Å². The molecule has 0 spiro atoms. The minimum absolute atomic E-state index is 0.0707. The molecular formula is C45H30B2OS4. The molecule has 12 rings (SSSR count). The van der Waals surface area contributed by atoms with Crippen LogP contribution in [0.5, 0.6) is 5.75 Å². The lowest BCUT2D eigenvalue weighted by atomic mass is 9.33. The first-order valence-electron chi connectivity index (χ1n) is 17.9. The normalized spacial score (nSPS) is 15.8. The van der Waals surface area contributed by atoms with Gasteiger partial charge in [-0.1, -0.05) is 149 Å². The summed E-state index contributed by atoms with van der Waals surface area (Å²) in [6.45, 7) is 7.50. The molecule has 0 bridgehead atoms. The molecule has 4 heterocycles. The number of hydrogen-bond donors (Lipinski definition) is 0. The minimum atomic E-state index is -0.0707. The molecule has 1 aliphatic carbocycles. The van der Waals surface area contributed by atoms with E-state index in [4.69, 9.17) is 4.74 Å². The highest BCUT2D eigenvalue weighted by atomic mass is 32.2. The van der Waals surface area contributed by atoms with E-state index >= 15 is 0 Å². The predicted octanol–water partition coefficient (Wildman–Crippen LogP) is 8.35. The molecule has 0 unspecified atom stereocenters. The van der Waals surface area contributed by atoms with Crippen LogP contribution in [0.2, 0.25) is 0 Å². The van der Waals surface area contributed by atoms with E-state index in [2.05, 4.69) is 130 Å². The average Bonchev–Trinajstić information content (AvgIpc) is 3.38. The molecular weight excluding hydrogens is 706 g/mol. The number of fused-ring (bicyclic) bond motifs is 14. The quantitative estimate of drug-likeness (QED) is 0.156. The highest BCUT2D eigenvalue weighted by Crippen LogP contribution is 2.55. The third kappa shape index (κ3) is 3.95. The molecule has 0 radical (unpaired) electrons. The van der Waals surface area contributed by atoms with Gasteiger partial charge in [0.1, 0.15) is 5.75 Å². The Balaban J connectivity index is 1.12. The summed E-state index contributed by atoms with van der Waals surface area (Å²) in [5.41, 5.74) is 15.8. The van der Waals surface area contributed by atoms with Crippen molar-refractivity contribution in [1.29, 1.82) is 0 Å². The van der Waals surface area contributed by atoms with E-state index in [9.17, 15) is 0 Å². The molecule has 52 heavy (non-hydrogen) atoms. The van der Waals surface area contributed by atoms with Crippen LogP contribution in [-0.4, -0.2) is 20.5 Å². The fourth-order valence-electron chi connectivity index (χ4n) is 9.69. The fourth-order valence-corrected chi connectivity index (χ4v) is 15.1. The molecule has 246 valence electrons. The molecule has 0 fully saturated rings. The van der Waals surface area contributed by atoms with Crippen LogP contribution in [0.3, 0.4) is 0 Å². The molecule has 0 saturated heterocycles. The summed E-state index contributed by atoms with van der Waals surface area (Å²) in [6, 6.07) is 42.1. The van der Waals surface area contributed by atoms with E-state index in [-0.39, 0.29) is 18.8 Å². The van der Waals surface area contributed by atoms with E-state index in [0.717, 1.165) is 5.75 Å². The largest absolute Gasteiger partial charge is 0.497 e. The SMILES string of the molecule is COc1ccc2c3c4c(cc2c1)Sc1ccccc1B4c1cc2c(cc1S3)Sc1cc3c(c4c1B2c1ccccc1S4)C(C)(C)c1cc(C)ccc1-3. The van der Waals surface area contributed by atoms with E-state index in [1.54, 1.807) is 7.11 Å². The summed E-state index contributed by atoms with van der Waals surface area (Å²) in [5.74, 6) is 0.903. The Kier molecular flexibility index (Phi) is 6.25. The molecule has 0 aromatic heterocycles. The zero-order chi connectivity index (χ0) is 34.6. The molecule has 7 aromatic carbocycles. The van der Waals surface area contributed by atoms with Crippen molar-refractivity contribution < 1.29 is 4.74 Å². The summed E-state index contributed by atoms with van der Waals surface area (Å²) < 4.78 is 5.68. The molecule has 7 aromatic rings. The van der Waals surface area contributed by atoms with Crippen molar-refractivity contribution in [3.63, 3.8) is 0 Å². The van der Waals surface area contributed by atoms with E-state index < -0.39 is 0 Å². The lowest BCUT2D eigenvalue weighted by Gasteiger charge is -2.38. The first-order chi connectivity index (χ1) is 25.4. The van der Waals surface area contributed by atoms with Gasteiger partial charge < -0.3 is 4.74 Å². The second-order valence-corrected chi connectivity index (χ2v) is 19.5. The van der Waals surface area contributed by atoms with Gasteiger partial charge in [-0.2, -0.15) is 0 Å². The van der Waals surface area contributed by atoms with Gasteiger partial charge in [0.15, 0.2) is 0 Å². The summed E-state index contributed by atoms with van der Waals surface area (Å²) >= 11 is 7.90. The van der Waals surface area contributed by atoms with Gasteiger partial charge in [-0.15, -0.1) is 0 Å². The number of benzene rings is 7. The molecule has 0 amide bonds. The number of ether oxygens (including phenoxy) is 1. The van der Waals surface area contributed by atoms with E-state index in [0.29, 0.717) is 0 Å². The maximum absolute atomic E-state index is 5.68. The molecule has 0 N–H and O–H groups in total. The Morgan fingerprint density at radius 3 is 1.96 bits per heavy atom. The second-order valence-electron chi connectivity index (χ2n) is 15.2. The second kappa shape index (κ2) is 10.6. The van der Waals surface area contributed by atoms with Gasteiger partial charge in [0.2, 0.25) is 13.4 Å². The van der Waals surface area contributed by atoms with E-state index in [1.807, 2.05) is 47.0 Å². The Morgan fingerprint density at radius 1 is 0.538 bits per heavy atom. The number of hydrogen-bond acceptors (Lipinski definition) is 5. The van der Waals surface area contributed by atoms with Crippen LogP contribution in [0.1, 0.15) is 30.5 Å². The van der Waals surface area contributed by atoms with Crippen molar-refractivity contribution in [2.24, 2.45) is 0 Å². The highest BCUT2D eigenvalue weighted by Gasteiger charge is 2.47. The highest BCUT2D eigenvalue weighted by molar-refractivity contribution is 8.02. The van der Waals surface area contributed by atoms with Crippen molar-refractivity contribution >= 4 is 104 Å². The zero-order valence-corrected chi connectivity index (χ0v) is 32.4. The lowest BCUT2D eigenvalue weighted by Crippen LogP contribution is -2.62. The first kappa shape index (κ1) is 30.6. The van der Waals surface area contributed by atoms with Crippen LogP contribution < -0.4 is 37.5 Å². The van der Waals surface area contributed by atoms with Crippen LogP contribution in [-0.2, 0) is 5.41 Å². The van der Waals surface area contributed by atoms with Crippen molar-refractivity contribution in [3.8, 4) is 16.9 Å². The third-order valence-electron chi connectivity index (χ3n) is 12.0. The third-order valence-corrected chi connectivity index (χ3v) is 16.7. The van der Waals surface area contributed by atoms with Crippen LogP contribution >= 0.6 is 47.0 Å². The van der Waals surface area contributed by atoms with E-state index in [1.165, 1.54) is 111 Å². The minimum Gasteiger partial charge on any atom is -0.497 e. The molecule has 7 heteroatoms. The number of methoxy groups -OCH3 is 1. The molecule has 1 nitrogen and oxygen atoms in total. The molecule has 4 aliphatic heterocycles. The van der Waals surface area contributed by atoms with Crippen molar-refractivity contribution in [2.75, 3.05) is 7.11 Å². The Labute approximate surface area is 321 Å². The lowest BCUT2D eigenvalue weighted by molar-refractivity contribution is 0.415. The van der Waals surface area contributed by atoms with Crippen molar-refractivity contribution in [1.82, 2.24) is 0 Å². The standard InChI is InChI=1S/C45H30B2OS4/c1-23-13-15-27-28-20-39-42-44(40(28)45(2,3)29(27)17-23)51-35-12-8-6-10-31(35)47(42)32-21-33-37(22-36(32)50-39)52-43-26-16-14-25(48-4)18-24(26)19-38-41(43)46(33)30-9-5-7-11-34(30)49-38/h5-22H,1-4H3. The first-order valence-corrected chi connectivity index (χ1v) is 21.2. The Hall–Kier alpha value is -3.87. The number of rotatable bonds is 1. The van der Waals surface area contributed by atoms with Crippen molar-refractivity contribution in [3.05, 3.63) is 126 Å². The average molecular weight is 737 g/mol. The van der Waals surface area contributed by atoms with Crippen molar-refractivity contribution in [2.45, 2.75) is 65.4 Å². The van der Waals surface area contributed by atoms with Crippen LogP contribution in [0.25, 0.3) is 21.9 Å². The molecule has 0 saturated carbocycles. The summed E-state index contributed by atoms with van der Waals surface area (Å²) in [7, 11) is 1.76. The van der Waals surface area contributed by atoms with Gasteiger partial charge in [-0.05, 0) is 99.4 Å². The topological polar surface area (TPSA) is 9.23 Å². The molecule has 0 atom stereocenters. The fraction of sp³-hybridized carbons (Fsp3) is 0.111. The van der Waals surface area contributed by atoms with Crippen LogP contribution in [0.4, 0.5) is 0 Å². The molecule has 5 aliphatic rings. The maximum Gasteiger partial charge on any atom is 0.247 e. The van der Waals surface area contributed by atoms with Gasteiger partial charge >= 0.3 is 0 Å². The summed E-state index contributed by atoms with van der Waals surface area (Å²) in [5, 5.41) is 2.55. The van der Waals surface area contributed by atoms with Gasteiger partial charge in [0, 0.05) is 44.6 Å². The van der Waals surface area contributed by atoms with Crippen LogP contribution in [0.15, 0.2) is 148 Å². The Morgan fingerprint density at radius 2 is 1.19 bits per heavy atom. The van der Waals surface area contributed by atoms with Gasteiger partial charge in [-0.25, -0.2) is 0 Å². The summed E-state index contributed by atoms with van der Waals surface area (Å²) in [6.07, 6.45) is 0.